The number of hydrogen-bond donors (Lipinski definition) is 1. The van der Waals surface area contributed by atoms with Crippen LogP contribution in [-0.2, 0) is 0 Å². The first kappa shape index (κ1) is 18.1. The molecule has 0 spiro atoms. The molecule has 0 amide bonds. The fourth-order valence-corrected chi connectivity index (χ4v) is 4.13. The van der Waals surface area contributed by atoms with Crippen LogP contribution in [0.3, 0.4) is 0 Å². The van der Waals surface area contributed by atoms with Gasteiger partial charge in [-0.05, 0) is 35.2 Å². The predicted molar refractivity (Wildman–Crippen MR) is 111 cm³/mol. The van der Waals surface area contributed by atoms with Gasteiger partial charge in [0.15, 0.2) is 11.5 Å². The number of ether oxygens (including phenoxy) is 3. The van der Waals surface area contributed by atoms with Crippen molar-refractivity contribution >= 4 is 28.0 Å². The molecule has 0 atom stereocenters. The normalized spacial score (nSPS) is 10.8. The number of thiophene rings is 1. The maximum absolute atomic E-state index is 13.1. The molecular formula is C22H19NO4S. The summed E-state index contributed by atoms with van der Waals surface area (Å²) < 4.78 is 16.1. The van der Waals surface area contributed by atoms with E-state index in [9.17, 15) is 4.79 Å². The molecule has 0 bridgehead atoms. The second-order valence-electron chi connectivity index (χ2n) is 6.19. The van der Waals surface area contributed by atoms with Crippen LogP contribution in [0.5, 0.6) is 17.2 Å². The highest BCUT2D eigenvalue weighted by molar-refractivity contribution is 7.12. The lowest BCUT2D eigenvalue weighted by molar-refractivity contribution is 0.104. The molecule has 1 N–H and O–H groups in total. The Balaban J connectivity index is 1.72. The number of fused-ring (bicyclic) bond motifs is 1. The Kier molecular flexibility index (Phi) is 4.79. The van der Waals surface area contributed by atoms with Crippen molar-refractivity contribution < 1.29 is 19.0 Å². The Morgan fingerprint density at radius 3 is 2.36 bits per heavy atom. The first-order valence-electron chi connectivity index (χ1n) is 8.66. The molecule has 5 nitrogen and oxygen atoms in total. The minimum absolute atomic E-state index is 0.0876. The monoisotopic (exact) mass is 393 g/mol. The van der Waals surface area contributed by atoms with E-state index in [0.29, 0.717) is 27.7 Å². The van der Waals surface area contributed by atoms with Crippen molar-refractivity contribution in [3.63, 3.8) is 0 Å². The van der Waals surface area contributed by atoms with Crippen molar-refractivity contribution in [3.05, 3.63) is 64.5 Å². The van der Waals surface area contributed by atoms with Crippen LogP contribution in [0.2, 0.25) is 0 Å². The molecule has 28 heavy (non-hydrogen) atoms. The van der Waals surface area contributed by atoms with Crippen molar-refractivity contribution in [2.24, 2.45) is 0 Å². The largest absolute Gasteiger partial charge is 0.493 e. The number of methoxy groups -OCH3 is 3. The third kappa shape index (κ3) is 3.01. The van der Waals surface area contributed by atoms with Crippen molar-refractivity contribution in [2.75, 3.05) is 21.3 Å². The fraction of sp³-hybridized carbons (Fsp3) is 0.136. The summed E-state index contributed by atoms with van der Waals surface area (Å²) in [7, 11) is 4.60. The van der Waals surface area contributed by atoms with E-state index in [1.54, 1.807) is 12.1 Å². The number of hydrogen-bond acceptors (Lipinski definition) is 5. The molecule has 0 radical (unpaired) electrons. The number of aromatic nitrogens is 1. The number of aromatic amines is 1. The van der Waals surface area contributed by atoms with Gasteiger partial charge >= 0.3 is 0 Å². The highest BCUT2D eigenvalue weighted by Crippen LogP contribution is 2.39. The zero-order chi connectivity index (χ0) is 19.7. The van der Waals surface area contributed by atoms with Gasteiger partial charge in [-0.25, -0.2) is 0 Å². The Bertz CT molecular complexity index is 1130. The molecule has 142 valence electrons. The van der Waals surface area contributed by atoms with E-state index >= 15 is 0 Å². The van der Waals surface area contributed by atoms with Crippen LogP contribution in [0.15, 0.2) is 54.0 Å². The Morgan fingerprint density at radius 1 is 0.964 bits per heavy atom. The number of benzene rings is 2. The van der Waals surface area contributed by atoms with Crippen molar-refractivity contribution in [1.29, 1.82) is 0 Å². The van der Waals surface area contributed by atoms with Gasteiger partial charge in [-0.1, -0.05) is 18.2 Å². The number of nitrogens with one attached hydrogen (secondary N) is 1. The highest BCUT2D eigenvalue weighted by Gasteiger charge is 2.20. The second kappa shape index (κ2) is 7.40. The second-order valence-corrected chi connectivity index (χ2v) is 7.10. The average molecular weight is 393 g/mol. The van der Waals surface area contributed by atoms with Gasteiger partial charge in [0.2, 0.25) is 11.5 Å². The molecule has 2 heterocycles. The lowest BCUT2D eigenvalue weighted by atomic mass is 10.0. The zero-order valence-electron chi connectivity index (χ0n) is 15.7. The maximum Gasteiger partial charge on any atom is 0.203 e. The summed E-state index contributed by atoms with van der Waals surface area (Å²) in [5, 5.41) is 3.13. The Hall–Kier alpha value is -3.25. The summed E-state index contributed by atoms with van der Waals surface area (Å²) >= 11 is 1.42. The van der Waals surface area contributed by atoms with E-state index in [-0.39, 0.29) is 5.78 Å². The van der Waals surface area contributed by atoms with Crippen molar-refractivity contribution in [3.8, 4) is 28.4 Å². The van der Waals surface area contributed by atoms with Crippen LogP contribution in [-0.4, -0.2) is 32.1 Å². The molecule has 6 heteroatoms. The molecule has 4 aromatic rings. The zero-order valence-corrected chi connectivity index (χ0v) is 16.6. The van der Waals surface area contributed by atoms with E-state index in [4.69, 9.17) is 14.2 Å². The summed E-state index contributed by atoms with van der Waals surface area (Å²) in [5.41, 5.74) is 3.65. The number of rotatable bonds is 6. The standard InChI is InChI=1S/C22H19NO4S/c1-25-18-8-13(9-19(26-2)22(18)27-3)21(24)20-10-14(12-28-20)16-11-23-17-7-5-4-6-15(16)17/h4-12,23H,1-3H3. The Labute approximate surface area is 166 Å². The number of H-pyrrole nitrogens is 1. The van der Waals surface area contributed by atoms with Crippen LogP contribution in [0.4, 0.5) is 0 Å². The minimum atomic E-state index is -0.0876. The van der Waals surface area contributed by atoms with Crippen LogP contribution in [0, 0.1) is 0 Å². The summed E-state index contributed by atoms with van der Waals surface area (Å²) in [4.78, 5) is 17.0. The van der Waals surface area contributed by atoms with E-state index in [0.717, 1.165) is 22.0 Å². The maximum atomic E-state index is 13.1. The van der Waals surface area contributed by atoms with Gasteiger partial charge in [0, 0.05) is 28.2 Å². The summed E-state index contributed by atoms with van der Waals surface area (Å²) in [6.07, 6.45) is 1.97. The fourth-order valence-electron chi connectivity index (χ4n) is 3.26. The van der Waals surface area contributed by atoms with Gasteiger partial charge in [-0.3, -0.25) is 4.79 Å². The van der Waals surface area contributed by atoms with Crippen molar-refractivity contribution in [2.45, 2.75) is 0 Å². The molecule has 4 rings (SSSR count). The molecule has 2 aromatic carbocycles. The molecule has 0 saturated heterocycles. The first-order chi connectivity index (χ1) is 13.7. The minimum Gasteiger partial charge on any atom is -0.493 e. The van der Waals surface area contributed by atoms with E-state index in [2.05, 4.69) is 11.1 Å². The third-order valence-electron chi connectivity index (χ3n) is 4.65. The van der Waals surface area contributed by atoms with Crippen molar-refractivity contribution in [1.82, 2.24) is 4.98 Å². The van der Waals surface area contributed by atoms with E-state index < -0.39 is 0 Å². The summed E-state index contributed by atoms with van der Waals surface area (Å²) in [5.74, 6) is 1.29. The first-order valence-corrected chi connectivity index (χ1v) is 9.54. The lowest BCUT2D eigenvalue weighted by Gasteiger charge is -2.13. The quantitative estimate of drug-likeness (QED) is 0.460. The third-order valence-corrected chi connectivity index (χ3v) is 5.58. The lowest BCUT2D eigenvalue weighted by Crippen LogP contribution is -2.02. The molecule has 0 unspecified atom stereocenters. The molecular weight excluding hydrogens is 374 g/mol. The summed E-state index contributed by atoms with van der Waals surface area (Å²) in [6.45, 7) is 0. The molecule has 2 aromatic heterocycles. The topological polar surface area (TPSA) is 60.6 Å². The van der Waals surface area contributed by atoms with Gasteiger partial charge < -0.3 is 19.2 Å². The van der Waals surface area contributed by atoms with Gasteiger partial charge in [0.05, 0.1) is 26.2 Å². The van der Waals surface area contributed by atoms with Crippen LogP contribution < -0.4 is 14.2 Å². The molecule has 0 aliphatic carbocycles. The van der Waals surface area contributed by atoms with Crippen LogP contribution >= 0.6 is 11.3 Å². The summed E-state index contributed by atoms with van der Waals surface area (Å²) in [6, 6.07) is 13.4. The van der Waals surface area contributed by atoms with E-state index in [1.165, 1.54) is 32.7 Å². The smallest absolute Gasteiger partial charge is 0.203 e. The van der Waals surface area contributed by atoms with Crippen LogP contribution in [0.1, 0.15) is 15.2 Å². The van der Waals surface area contributed by atoms with E-state index in [1.807, 2.05) is 35.8 Å². The van der Waals surface area contributed by atoms with Gasteiger partial charge in [-0.15, -0.1) is 11.3 Å². The Morgan fingerprint density at radius 2 is 1.68 bits per heavy atom. The predicted octanol–water partition coefficient (Wildman–Crippen LogP) is 5.15. The van der Waals surface area contributed by atoms with Gasteiger partial charge in [0.25, 0.3) is 0 Å². The number of carbonyl (C=O) groups excluding carboxylic acids is 1. The average Bonchev–Trinajstić information content (AvgIpc) is 3.38. The highest BCUT2D eigenvalue weighted by atomic mass is 32.1. The van der Waals surface area contributed by atoms with Gasteiger partial charge in [-0.2, -0.15) is 0 Å². The van der Waals surface area contributed by atoms with Gasteiger partial charge in [0.1, 0.15) is 0 Å². The molecule has 0 aliphatic rings. The molecule has 0 fully saturated rings. The molecule has 0 saturated carbocycles. The molecule has 0 aliphatic heterocycles. The number of ketones is 1. The number of carbonyl (C=O) groups is 1. The SMILES string of the molecule is COc1cc(C(=O)c2cc(-c3c[nH]c4ccccc34)cs2)cc(OC)c1OC. The number of para-hydroxylation sites is 1. The van der Waals surface area contributed by atoms with Crippen LogP contribution in [0.25, 0.3) is 22.0 Å².